The normalized spacial score (nSPS) is 11.3. The van der Waals surface area contributed by atoms with Crippen LogP contribution in [0.15, 0.2) is 35.5 Å². The molecule has 1 N–H and O–H groups in total. The van der Waals surface area contributed by atoms with Gasteiger partial charge >= 0.3 is 0 Å². The fourth-order valence-electron chi connectivity index (χ4n) is 2.31. The lowest BCUT2D eigenvalue weighted by Crippen LogP contribution is -2.27. The lowest BCUT2D eigenvalue weighted by atomic mass is 10.3. The van der Waals surface area contributed by atoms with Crippen LogP contribution >= 0.6 is 23.2 Å². The Morgan fingerprint density at radius 1 is 1.00 bits per heavy atom. The Balaban J connectivity index is 1.66. The molecule has 0 aliphatic carbocycles. The molecule has 0 saturated heterocycles. The zero-order chi connectivity index (χ0) is 21.0. The fraction of sp³-hybridized carbons (Fsp3) is 0.250. The summed E-state index contributed by atoms with van der Waals surface area (Å²) in [7, 11) is -1.84. The van der Waals surface area contributed by atoms with Crippen molar-refractivity contribution in [1.82, 2.24) is 29.9 Å². The molecular formula is C16H16Cl2N8O2S. The van der Waals surface area contributed by atoms with Crippen molar-refractivity contribution in [2.45, 2.75) is 11.8 Å². The van der Waals surface area contributed by atoms with Gasteiger partial charge in [-0.1, -0.05) is 0 Å². The molecule has 0 saturated carbocycles. The first-order valence-corrected chi connectivity index (χ1v) is 10.7. The Kier molecular flexibility index (Phi) is 6.40. The Morgan fingerprint density at radius 2 is 1.72 bits per heavy atom. The van der Waals surface area contributed by atoms with Crippen LogP contribution in [0.4, 0.5) is 17.6 Å². The van der Waals surface area contributed by atoms with E-state index in [1.54, 1.807) is 31.0 Å². The van der Waals surface area contributed by atoms with Gasteiger partial charge in [-0.25, -0.2) is 23.4 Å². The highest BCUT2D eigenvalue weighted by Gasteiger charge is 2.17. The molecule has 10 nitrogen and oxygen atoms in total. The second-order valence-electron chi connectivity index (χ2n) is 5.92. The Morgan fingerprint density at radius 3 is 2.38 bits per heavy atom. The molecule has 0 bridgehead atoms. The number of rotatable bonds is 7. The van der Waals surface area contributed by atoms with Gasteiger partial charge in [0.25, 0.3) is 0 Å². The summed E-state index contributed by atoms with van der Waals surface area (Å²) >= 11 is 11.5. The molecule has 2 heterocycles. The van der Waals surface area contributed by atoms with E-state index in [0.717, 1.165) is 0 Å². The van der Waals surface area contributed by atoms with E-state index in [-0.39, 0.29) is 33.7 Å². The van der Waals surface area contributed by atoms with Crippen molar-refractivity contribution < 1.29 is 8.42 Å². The van der Waals surface area contributed by atoms with Crippen LogP contribution in [0.1, 0.15) is 5.82 Å². The standard InChI is InChI=1S/C16H16Cl2N8O2S/c1-10-21-14(18)24-15(22-10)23-11-3-5-12(6-4-11)29(27,28)8-7-26(2)16-20-9-19-13(17)25-16/h3-6,9H,7-8H2,1-2H3,(H,21,22,23,24). The summed E-state index contributed by atoms with van der Waals surface area (Å²) in [5.41, 5.74) is 0.613. The molecule has 0 unspecified atom stereocenters. The number of benzene rings is 1. The summed E-state index contributed by atoms with van der Waals surface area (Å²) in [4.78, 5) is 25.4. The van der Waals surface area contributed by atoms with E-state index < -0.39 is 9.84 Å². The second-order valence-corrected chi connectivity index (χ2v) is 8.70. The van der Waals surface area contributed by atoms with Crippen LogP contribution in [0, 0.1) is 6.92 Å². The predicted molar refractivity (Wildman–Crippen MR) is 109 cm³/mol. The molecule has 0 atom stereocenters. The van der Waals surface area contributed by atoms with Crippen LogP contribution in [0.25, 0.3) is 0 Å². The van der Waals surface area contributed by atoms with Gasteiger partial charge in [0.15, 0.2) is 9.84 Å². The molecule has 0 radical (unpaired) electrons. The average Bonchev–Trinajstić information content (AvgIpc) is 2.66. The smallest absolute Gasteiger partial charge is 0.231 e. The van der Waals surface area contributed by atoms with Crippen LogP contribution in [0.3, 0.4) is 0 Å². The van der Waals surface area contributed by atoms with Gasteiger partial charge in [-0.15, -0.1) is 0 Å². The zero-order valence-corrected chi connectivity index (χ0v) is 17.7. The van der Waals surface area contributed by atoms with Crippen LogP contribution in [-0.2, 0) is 9.84 Å². The van der Waals surface area contributed by atoms with Gasteiger partial charge in [0.2, 0.25) is 22.5 Å². The largest absolute Gasteiger partial charge is 0.343 e. The van der Waals surface area contributed by atoms with Gasteiger partial charge < -0.3 is 10.2 Å². The minimum absolute atomic E-state index is 0.0439. The number of hydrogen-bond acceptors (Lipinski definition) is 10. The van der Waals surface area contributed by atoms with E-state index in [1.807, 2.05) is 0 Å². The molecule has 2 aromatic heterocycles. The van der Waals surface area contributed by atoms with Crippen molar-refractivity contribution in [2.75, 3.05) is 29.6 Å². The van der Waals surface area contributed by atoms with Gasteiger partial charge in [0.05, 0.1) is 10.6 Å². The predicted octanol–water partition coefficient (Wildman–Crippen LogP) is 2.33. The molecule has 0 spiro atoms. The number of nitrogens with zero attached hydrogens (tertiary/aromatic N) is 7. The summed E-state index contributed by atoms with van der Waals surface area (Å²) in [5, 5.41) is 3.07. The number of anilines is 3. The van der Waals surface area contributed by atoms with Gasteiger partial charge in [-0.3, -0.25) is 0 Å². The molecular weight excluding hydrogens is 439 g/mol. The number of hydrogen-bond donors (Lipinski definition) is 1. The van der Waals surface area contributed by atoms with Gasteiger partial charge in [0.1, 0.15) is 12.2 Å². The van der Waals surface area contributed by atoms with Crippen molar-refractivity contribution in [3.8, 4) is 0 Å². The summed E-state index contributed by atoms with van der Waals surface area (Å²) in [6.07, 6.45) is 1.27. The van der Waals surface area contributed by atoms with Crippen LogP contribution in [-0.4, -0.2) is 57.7 Å². The Labute approximate surface area is 177 Å². The molecule has 152 valence electrons. The first kappa shape index (κ1) is 21.1. The highest BCUT2D eigenvalue weighted by molar-refractivity contribution is 7.91. The summed E-state index contributed by atoms with van der Waals surface area (Å²) in [6.45, 7) is 1.88. The lowest BCUT2D eigenvalue weighted by Gasteiger charge is -2.16. The van der Waals surface area contributed by atoms with Crippen LogP contribution < -0.4 is 10.2 Å². The Bertz CT molecular complexity index is 1090. The number of aryl methyl sites for hydroxylation is 1. The third-order valence-electron chi connectivity index (χ3n) is 3.76. The number of nitrogens with one attached hydrogen (secondary N) is 1. The number of aromatic nitrogens is 6. The van der Waals surface area contributed by atoms with Crippen molar-refractivity contribution in [1.29, 1.82) is 0 Å². The third-order valence-corrected chi connectivity index (χ3v) is 5.82. The average molecular weight is 455 g/mol. The molecule has 3 aromatic rings. The van der Waals surface area contributed by atoms with Gasteiger partial charge in [-0.05, 0) is 54.4 Å². The topological polar surface area (TPSA) is 127 Å². The van der Waals surface area contributed by atoms with E-state index in [9.17, 15) is 8.42 Å². The van der Waals surface area contributed by atoms with Gasteiger partial charge in [-0.2, -0.15) is 15.0 Å². The number of sulfone groups is 1. The summed E-state index contributed by atoms with van der Waals surface area (Å²) in [6, 6.07) is 6.25. The quantitative estimate of drug-likeness (QED) is 0.567. The first-order chi connectivity index (χ1) is 13.7. The van der Waals surface area contributed by atoms with E-state index in [1.165, 1.54) is 18.5 Å². The molecule has 1 aromatic carbocycles. The molecule has 0 aliphatic rings. The van der Waals surface area contributed by atoms with E-state index >= 15 is 0 Å². The molecule has 13 heteroatoms. The summed E-state index contributed by atoms with van der Waals surface area (Å²) in [5.74, 6) is 0.916. The minimum atomic E-state index is -3.51. The first-order valence-electron chi connectivity index (χ1n) is 8.26. The molecule has 0 amide bonds. The highest BCUT2D eigenvalue weighted by atomic mass is 35.5. The van der Waals surface area contributed by atoms with Crippen molar-refractivity contribution >= 4 is 50.6 Å². The van der Waals surface area contributed by atoms with E-state index in [4.69, 9.17) is 23.2 Å². The van der Waals surface area contributed by atoms with Gasteiger partial charge in [0, 0.05) is 19.3 Å². The Hall–Kier alpha value is -2.63. The third kappa shape index (κ3) is 5.68. The SMILES string of the molecule is Cc1nc(Cl)nc(Nc2ccc(S(=O)(=O)CCN(C)c3ncnc(Cl)n3)cc2)n1. The van der Waals surface area contributed by atoms with E-state index in [2.05, 4.69) is 35.2 Å². The lowest BCUT2D eigenvalue weighted by molar-refractivity contribution is 0.595. The maximum atomic E-state index is 12.6. The molecule has 0 aliphatic heterocycles. The van der Waals surface area contributed by atoms with Crippen molar-refractivity contribution in [3.05, 3.63) is 47.0 Å². The fourth-order valence-corrected chi connectivity index (χ4v) is 3.93. The van der Waals surface area contributed by atoms with Crippen LogP contribution in [0.2, 0.25) is 10.6 Å². The monoisotopic (exact) mass is 454 g/mol. The maximum absolute atomic E-state index is 12.6. The zero-order valence-electron chi connectivity index (χ0n) is 15.4. The minimum Gasteiger partial charge on any atom is -0.343 e. The van der Waals surface area contributed by atoms with Crippen LogP contribution in [0.5, 0.6) is 0 Å². The molecule has 29 heavy (non-hydrogen) atoms. The molecule has 0 fully saturated rings. The van der Waals surface area contributed by atoms with Crippen molar-refractivity contribution in [2.24, 2.45) is 0 Å². The highest BCUT2D eigenvalue weighted by Crippen LogP contribution is 2.19. The molecule has 3 rings (SSSR count). The van der Waals surface area contributed by atoms with Crippen molar-refractivity contribution in [3.63, 3.8) is 0 Å². The number of halogens is 2. The second kappa shape index (κ2) is 8.80. The van der Waals surface area contributed by atoms with E-state index in [0.29, 0.717) is 17.5 Å². The summed E-state index contributed by atoms with van der Waals surface area (Å²) < 4.78 is 25.2. The maximum Gasteiger partial charge on any atom is 0.231 e.